The fourth-order valence-electron chi connectivity index (χ4n) is 2.72. The monoisotopic (exact) mass is 460 g/mol. The highest BCUT2D eigenvalue weighted by Crippen LogP contribution is 2.10. The number of nitrogens with one attached hydrogen (secondary N) is 3. The molecule has 31 heavy (non-hydrogen) atoms. The van der Waals surface area contributed by atoms with Gasteiger partial charge in [-0.15, -0.1) is 0 Å². The second kappa shape index (κ2) is 13.4. The summed E-state index contributed by atoms with van der Waals surface area (Å²) >= 11 is 1.53. The van der Waals surface area contributed by atoms with Crippen LogP contribution in [0.3, 0.4) is 0 Å². The summed E-state index contributed by atoms with van der Waals surface area (Å²) in [7, 11) is 0. The largest absolute Gasteiger partial charge is 0.444 e. The van der Waals surface area contributed by atoms with E-state index in [0.29, 0.717) is 18.6 Å². The fourth-order valence-corrected chi connectivity index (χ4v) is 3.19. The molecular weight excluding hydrogens is 420 g/mol. The van der Waals surface area contributed by atoms with E-state index in [4.69, 9.17) is 10.5 Å². The average molecular weight is 461 g/mol. The van der Waals surface area contributed by atoms with Crippen LogP contribution in [0.15, 0.2) is 0 Å². The minimum absolute atomic E-state index is 0.152. The maximum atomic E-state index is 12.9. The van der Waals surface area contributed by atoms with Crippen molar-refractivity contribution in [1.29, 1.82) is 0 Å². The maximum absolute atomic E-state index is 12.9. The first-order valence-electron chi connectivity index (χ1n) is 10.6. The smallest absolute Gasteiger partial charge is 0.408 e. The summed E-state index contributed by atoms with van der Waals surface area (Å²) < 4.78 is 5.25. The normalized spacial score (nSPS) is 14.5. The van der Waals surface area contributed by atoms with Gasteiger partial charge >= 0.3 is 6.09 Å². The zero-order chi connectivity index (χ0) is 24.4. The quantitative estimate of drug-likeness (QED) is 0.350. The van der Waals surface area contributed by atoms with Gasteiger partial charge in [0.1, 0.15) is 23.7 Å². The molecule has 0 aliphatic heterocycles. The first-order chi connectivity index (χ1) is 14.2. The van der Waals surface area contributed by atoms with E-state index >= 15 is 0 Å². The molecule has 0 aromatic rings. The van der Waals surface area contributed by atoms with Crippen LogP contribution in [-0.2, 0) is 19.1 Å². The second-order valence-corrected chi connectivity index (χ2v) is 10.3. The molecule has 0 fully saturated rings. The molecule has 0 heterocycles. The van der Waals surface area contributed by atoms with E-state index in [1.807, 2.05) is 20.1 Å². The molecule has 3 atom stereocenters. The van der Waals surface area contributed by atoms with Gasteiger partial charge in [-0.1, -0.05) is 27.7 Å². The molecule has 0 saturated carbocycles. The lowest BCUT2D eigenvalue weighted by Gasteiger charge is -2.28. The third-order valence-corrected chi connectivity index (χ3v) is 4.88. The van der Waals surface area contributed by atoms with E-state index in [0.717, 1.165) is 0 Å². The number of thioether (sulfide) groups is 1. The maximum Gasteiger partial charge on any atom is 0.408 e. The number of carbonyl (C=O) groups is 4. The summed E-state index contributed by atoms with van der Waals surface area (Å²) in [6, 6.07) is -2.57. The summed E-state index contributed by atoms with van der Waals surface area (Å²) in [5.41, 5.74) is 4.71. The highest BCUT2D eigenvalue weighted by molar-refractivity contribution is 7.98. The second-order valence-electron chi connectivity index (χ2n) is 9.30. The first kappa shape index (κ1) is 29.0. The van der Waals surface area contributed by atoms with E-state index in [1.165, 1.54) is 11.8 Å². The number of rotatable bonds is 12. The topological polar surface area (TPSA) is 140 Å². The van der Waals surface area contributed by atoms with Gasteiger partial charge in [-0.2, -0.15) is 11.8 Å². The molecule has 0 radical (unpaired) electrons. The van der Waals surface area contributed by atoms with Gasteiger partial charge in [0.25, 0.3) is 0 Å². The van der Waals surface area contributed by atoms with Crippen molar-refractivity contribution in [2.45, 2.75) is 85.0 Å². The molecule has 10 heteroatoms. The van der Waals surface area contributed by atoms with Gasteiger partial charge in [0.15, 0.2) is 0 Å². The SMILES string of the molecule is CSCC[C@H](NC(=O)OC(C)(C)C)C(=O)N[C@@H](C(=O)N[C@H](CC(C)C)C(N)=O)C(C)C. The zero-order valence-electron chi connectivity index (χ0n) is 20.0. The first-order valence-corrected chi connectivity index (χ1v) is 12.0. The number of amides is 4. The summed E-state index contributed by atoms with van der Waals surface area (Å²) in [5.74, 6) is -1.08. The Morgan fingerprint density at radius 2 is 1.52 bits per heavy atom. The minimum atomic E-state index is -0.890. The molecule has 180 valence electrons. The molecule has 0 unspecified atom stereocenters. The van der Waals surface area contributed by atoms with Gasteiger partial charge in [0.05, 0.1) is 0 Å². The molecule has 9 nitrogen and oxygen atoms in total. The fraction of sp³-hybridized carbons (Fsp3) is 0.810. The number of alkyl carbamates (subject to hydrolysis) is 1. The van der Waals surface area contributed by atoms with Crippen LogP contribution < -0.4 is 21.7 Å². The van der Waals surface area contributed by atoms with Crippen molar-refractivity contribution >= 4 is 35.6 Å². The van der Waals surface area contributed by atoms with Gasteiger partial charge in [0, 0.05) is 0 Å². The summed E-state index contributed by atoms with van der Waals surface area (Å²) in [6.07, 6.45) is 1.96. The van der Waals surface area contributed by atoms with E-state index in [2.05, 4.69) is 16.0 Å². The number of carbonyl (C=O) groups excluding carboxylic acids is 4. The highest BCUT2D eigenvalue weighted by atomic mass is 32.2. The van der Waals surface area contributed by atoms with Crippen LogP contribution in [0.2, 0.25) is 0 Å². The lowest BCUT2D eigenvalue weighted by molar-refractivity contribution is -0.133. The molecule has 0 aromatic heterocycles. The molecule has 0 aromatic carbocycles. The Morgan fingerprint density at radius 3 is 1.94 bits per heavy atom. The Bertz CT molecular complexity index is 619. The Kier molecular flexibility index (Phi) is 12.6. The van der Waals surface area contributed by atoms with Gasteiger partial charge in [-0.05, 0) is 57.5 Å². The number of primary amides is 1. The molecule has 5 N–H and O–H groups in total. The predicted molar refractivity (Wildman–Crippen MR) is 124 cm³/mol. The van der Waals surface area contributed by atoms with Crippen molar-refractivity contribution in [1.82, 2.24) is 16.0 Å². The molecule has 0 rings (SSSR count). The van der Waals surface area contributed by atoms with Gasteiger partial charge in [-0.25, -0.2) is 4.79 Å². The van der Waals surface area contributed by atoms with Gasteiger partial charge in [0.2, 0.25) is 17.7 Å². The van der Waals surface area contributed by atoms with Crippen molar-refractivity contribution in [3.8, 4) is 0 Å². The Morgan fingerprint density at radius 1 is 0.935 bits per heavy atom. The van der Waals surface area contributed by atoms with Crippen molar-refractivity contribution in [3.05, 3.63) is 0 Å². The van der Waals surface area contributed by atoms with Crippen molar-refractivity contribution in [2.24, 2.45) is 17.6 Å². The third-order valence-electron chi connectivity index (χ3n) is 4.23. The number of hydrogen-bond donors (Lipinski definition) is 4. The van der Waals surface area contributed by atoms with Gasteiger partial charge < -0.3 is 26.4 Å². The van der Waals surface area contributed by atoms with Gasteiger partial charge in [-0.3, -0.25) is 14.4 Å². The molecule has 0 saturated heterocycles. The summed E-state index contributed by atoms with van der Waals surface area (Å²) in [4.78, 5) is 49.6. The van der Waals surface area contributed by atoms with Crippen LogP contribution in [0.1, 0.15) is 61.3 Å². The molecule has 0 aliphatic carbocycles. The van der Waals surface area contributed by atoms with Crippen molar-refractivity contribution in [2.75, 3.05) is 12.0 Å². The van der Waals surface area contributed by atoms with Crippen molar-refractivity contribution in [3.63, 3.8) is 0 Å². The van der Waals surface area contributed by atoms with Crippen LogP contribution in [0, 0.1) is 11.8 Å². The predicted octanol–water partition coefficient (Wildman–Crippen LogP) is 1.79. The van der Waals surface area contributed by atoms with Crippen LogP contribution >= 0.6 is 11.8 Å². The average Bonchev–Trinajstić information content (AvgIpc) is 2.59. The summed E-state index contributed by atoms with van der Waals surface area (Å²) in [6.45, 7) is 12.6. The molecule has 0 bridgehead atoms. The van der Waals surface area contributed by atoms with E-state index in [1.54, 1.807) is 34.6 Å². The van der Waals surface area contributed by atoms with E-state index < -0.39 is 47.5 Å². The Balaban J connectivity index is 5.34. The Labute approximate surface area is 190 Å². The molecule has 0 spiro atoms. The lowest BCUT2D eigenvalue weighted by atomic mass is 9.99. The van der Waals surface area contributed by atoms with E-state index in [9.17, 15) is 19.2 Å². The zero-order valence-corrected chi connectivity index (χ0v) is 20.9. The summed E-state index contributed by atoms with van der Waals surface area (Å²) in [5, 5.41) is 7.94. The molecule has 4 amide bonds. The number of nitrogens with two attached hydrogens (primary N) is 1. The van der Waals surface area contributed by atoms with Crippen LogP contribution in [-0.4, -0.2) is 59.5 Å². The number of hydrogen-bond acceptors (Lipinski definition) is 6. The lowest BCUT2D eigenvalue weighted by Crippen LogP contribution is -2.58. The number of ether oxygens (including phenoxy) is 1. The minimum Gasteiger partial charge on any atom is -0.444 e. The van der Waals surface area contributed by atoms with Crippen molar-refractivity contribution < 1.29 is 23.9 Å². The molecular formula is C21H40N4O5S. The van der Waals surface area contributed by atoms with E-state index in [-0.39, 0.29) is 11.8 Å². The third kappa shape index (κ3) is 12.5. The van der Waals surface area contributed by atoms with Crippen LogP contribution in [0.5, 0.6) is 0 Å². The van der Waals surface area contributed by atoms with Crippen LogP contribution in [0.4, 0.5) is 4.79 Å². The van der Waals surface area contributed by atoms with Crippen LogP contribution in [0.25, 0.3) is 0 Å². The Hall–Kier alpha value is -1.97. The standard InChI is InChI=1S/C21H40N4O5S/c1-12(2)11-15(17(22)26)23-19(28)16(13(3)4)25-18(27)14(9-10-31-8)24-20(29)30-21(5,6)7/h12-16H,9-11H2,1-8H3,(H2,22,26)(H,23,28)(H,24,29)(H,25,27)/t14-,15+,16+/m0/s1. The molecule has 0 aliphatic rings. The highest BCUT2D eigenvalue weighted by Gasteiger charge is 2.31.